The van der Waals surface area contributed by atoms with E-state index in [9.17, 15) is 0 Å². The van der Waals surface area contributed by atoms with Crippen LogP contribution < -0.4 is 14.2 Å². The number of imidazole rings is 1. The molecule has 126 valence electrons. The molecular formula is C16H16ClN3O3S. The van der Waals surface area contributed by atoms with Gasteiger partial charge in [0.15, 0.2) is 16.7 Å². The molecule has 24 heavy (non-hydrogen) atoms. The molecule has 0 N–H and O–H groups in total. The minimum atomic E-state index is 0.418. The minimum Gasteiger partial charge on any atom is -0.493 e. The number of aromatic nitrogens is 3. The maximum absolute atomic E-state index is 6.15. The number of benzene rings is 1. The zero-order chi connectivity index (χ0) is 17.3. The predicted molar refractivity (Wildman–Crippen MR) is 94.9 cm³/mol. The van der Waals surface area contributed by atoms with E-state index in [4.69, 9.17) is 25.8 Å². The molecule has 0 fully saturated rings. The summed E-state index contributed by atoms with van der Waals surface area (Å²) in [5.74, 6) is 1.67. The van der Waals surface area contributed by atoms with E-state index in [1.807, 2.05) is 22.8 Å². The number of nitrogens with zero attached hydrogens (tertiary/aromatic N) is 3. The summed E-state index contributed by atoms with van der Waals surface area (Å²) in [5.41, 5.74) is 2.45. The van der Waals surface area contributed by atoms with Gasteiger partial charge in [-0.15, -0.1) is 0 Å². The van der Waals surface area contributed by atoms with Gasteiger partial charge in [-0.1, -0.05) is 23.4 Å². The Bertz CT molecular complexity index is 873. The third-order valence-corrected chi connectivity index (χ3v) is 4.44. The lowest BCUT2D eigenvalue weighted by molar-refractivity contribution is 0.324. The Balaban J connectivity index is 2.26. The van der Waals surface area contributed by atoms with Gasteiger partial charge in [-0.2, -0.15) is 0 Å². The van der Waals surface area contributed by atoms with Gasteiger partial charge in [0, 0.05) is 11.6 Å². The summed E-state index contributed by atoms with van der Waals surface area (Å²) in [5, 5.41) is 1.18. The van der Waals surface area contributed by atoms with Crippen molar-refractivity contribution in [3.63, 3.8) is 0 Å². The highest BCUT2D eigenvalue weighted by Gasteiger charge is 2.18. The van der Waals surface area contributed by atoms with Crippen LogP contribution in [0.4, 0.5) is 0 Å². The molecule has 2 heterocycles. The van der Waals surface area contributed by atoms with Gasteiger partial charge in [0.1, 0.15) is 11.5 Å². The van der Waals surface area contributed by atoms with Crippen LogP contribution in [0.25, 0.3) is 16.8 Å². The average molecular weight is 366 g/mol. The molecule has 2 aromatic heterocycles. The number of halogens is 1. The summed E-state index contributed by atoms with van der Waals surface area (Å²) in [4.78, 5) is 8.82. The minimum absolute atomic E-state index is 0.418. The molecule has 0 aliphatic carbocycles. The van der Waals surface area contributed by atoms with Gasteiger partial charge in [0.05, 0.1) is 32.5 Å². The number of hydrogen-bond donors (Lipinski definition) is 0. The zero-order valence-corrected chi connectivity index (χ0v) is 15.2. The number of methoxy groups -OCH3 is 3. The molecule has 0 unspecified atom stereocenters. The maximum atomic E-state index is 6.15. The zero-order valence-electron chi connectivity index (χ0n) is 13.7. The molecule has 0 amide bonds. The van der Waals surface area contributed by atoms with Crippen LogP contribution in [0.5, 0.6) is 17.2 Å². The van der Waals surface area contributed by atoms with Crippen LogP contribution in [0.3, 0.4) is 0 Å². The van der Waals surface area contributed by atoms with Crippen molar-refractivity contribution in [3.8, 4) is 28.5 Å². The predicted octanol–water partition coefficient (Wildman–Crippen LogP) is 3.80. The third-order valence-electron chi connectivity index (χ3n) is 3.59. The fourth-order valence-corrected chi connectivity index (χ4v) is 3.29. The van der Waals surface area contributed by atoms with Crippen LogP contribution in [0.15, 0.2) is 29.7 Å². The van der Waals surface area contributed by atoms with Crippen LogP contribution in [-0.2, 0) is 0 Å². The molecular weight excluding hydrogens is 350 g/mol. The molecule has 0 saturated heterocycles. The van der Waals surface area contributed by atoms with E-state index < -0.39 is 0 Å². The lowest BCUT2D eigenvalue weighted by Crippen LogP contribution is -1.96. The Labute approximate surface area is 148 Å². The number of rotatable bonds is 5. The van der Waals surface area contributed by atoms with Gasteiger partial charge < -0.3 is 14.2 Å². The molecule has 6 nitrogen and oxygen atoms in total. The standard InChI is InChI=1S/C16H16ClN3O3S/c1-21-11-5-9(6-12(22-2)15(11)23-3)14-10-7-13(17)19-16(24-4)20(10)8-18-14/h5-8H,1-4H3. The first-order valence-corrected chi connectivity index (χ1v) is 8.61. The number of ether oxygens (including phenoxy) is 3. The SMILES string of the molecule is COc1cc(-c2ncn3c(SC)nc(Cl)cc23)cc(OC)c1OC. The van der Waals surface area contributed by atoms with Crippen LogP contribution in [0.2, 0.25) is 5.15 Å². The van der Waals surface area contributed by atoms with Gasteiger partial charge in [-0.05, 0) is 18.4 Å². The van der Waals surface area contributed by atoms with E-state index in [1.54, 1.807) is 33.7 Å². The first-order chi connectivity index (χ1) is 11.6. The van der Waals surface area contributed by atoms with Crippen LogP contribution >= 0.6 is 23.4 Å². The Hall–Kier alpha value is -2.12. The first kappa shape index (κ1) is 16.7. The van der Waals surface area contributed by atoms with Crippen molar-refractivity contribution in [2.75, 3.05) is 27.6 Å². The lowest BCUT2D eigenvalue weighted by Gasteiger charge is -2.13. The van der Waals surface area contributed by atoms with Gasteiger partial charge >= 0.3 is 0 Å². The van der Waals surface area contributed by atoms with Gasteiger partial charge in [0.2, 0.25) is 5.75 Å². The van der Waals surface area contributed by atoms with Crippen LogP contribution in [-0.4, -0.2) is 42.0 Å². The highest BCUT2D eigenvalue weighted by atomic mass is 35.5. The Kier molecular flexibility index (Phi) is 4.73. The molecule has 0 aliphatic heterocycles. The number of fused-ring (bicyclic) bond motifs is 1. The van der Waals surface area contributed by atoms with Crippen LogP contribution in [0.1, 0.15) is 0 Å². The summed E-state index contributed by atoms with van der Waals surface area (Å²) in [6, 6.07) is 5.50. The Morgan fingerprint density at radius 3 is 2.25 bits per heavy atom. The molecule has 8 heteroatoms. The average Bonchev–Trinajstić information content (AvgIpc) is 3.03. The van der Waals surface area contributed by atoms with E-state index in [1.165, 1.54) is 11.8 Å². The second-order valence-corrected chi connectivity index (χ2v) is 5.99. The van der Waals surface area contributed by atoms with Gasteiger partial charge in [-0.25, -0.2) is 9.97 Å². The van der Waals surface area contributed by atoms with Crippen molar-refractivity contribution in [2.45, 2.75) is 5.16 Å². The molecule has 0 aliphatic rings. The molecule has 3 aromatic rings. The molecule has 0 radical (unpaired) electrons. The number of thioether (sulfide) groups is 1. The molecule has 3 rings (SSSR count). The van der Waals surface area contributed by atoms with E-state index in [0.29, 0.717) is 22.4 Å². The number of hydrogen-bond acceptors (Lipinski definition) is 6. The van der Waals surface area contributed by atoms with Crippen molar-refractivity contribution in [1.82, 2.24) is 14.4 Å². The second-order valence-electron chi connectivity index (χ2n) is 4.83. The quantitative estimate of drug-likeness (QED) is 0.389. The summed E-state index contributed by atoms with van der Waals surface area (Å²) >= 11 is 7.65. The smallest absolute Gasteiger partial charge is 0.203 e. The molecule has 0 saturated carbocycles. The molecule has 1 aromatic carbocycles. The summed E-state index contributed by atoms with van der Waals surface area (Å²) in [7, 11) is 4.74. The highest BCUT2D eigenvalue weighted by Crippen LogP contribution is 2.41. The summed E-state index contributed by atoms with van der Waals surface area (Å²) in [6.45, 7) is 0. The van der Waals surface area contributed by atoms with E-state index in [-0.39, 0.29) is 0 Å². The van der Waals surface area contributed by atoms with Gasteiger partial charge in [-0.3, -0.25) is 4.40 Å². The normalized spacial score (nSPS) is 10.9. The Morgan fingerprint density at radius 1 is 1.04 bits per heavy atom. The van der Waals surface area contributed by atoms with Crippen molar-refractivity contribution in [1.29, 1.82) is 0 Å². The highest BCUT2D eigenvalue weighted by molar-refractivity contribution is 7.98. The second kappa shape index (κ2) is 6.78. The van der Waals surface area contributed by atoms with E-state index in [2.05, 4.69) is 9.97 Å². The first-order valence-electron chi connectivity index (χ1n) is 7.00. The largest absolute Gasteiger partial charge is 0.493 e. The summed E-state index contributed by atoms with van der Waals surface area (Å²) < 4.78 is 18.1. The maximum Gasteiger partial charge on any atom is 0.203 e. The topological polar surface area (TPSA) is 57.9 Å². The fraction of sp³-hybridized carbons (Fsp3) is 0.250. The van der Waals surface area contributed by atoms with Crippen LogP contribution in [0, 0.1) is 0 Å². The lowest BCUT2D eigenvalue weighted by atomic mass is 10.1. The van der Waals surface area contributed by atoms with E-state index >= 15 is 0 Å². The van der Waals surface area contributed by atoms with Crippen molar-refractivity contribution < 1.29 is 14.2 Å². The molecule has 0 atom stereocenters. The summed E-state index contributed by atoms with van der Waals surface area (Å²) in [6.07, 6.45) is 3.67. The van der Waals surface area contributed by atoms with Crippen molar-refractivity contribution in [2.24, 2.45) is 0 Å². The fourth-order valence-electron chi connectivity index (χ4n) is 2.52. The van der Waals surface area contributed by atoms with E-state index in [0.717, 1.165) is 21.9 Å². The van der Waals surface area contributed by atoms with Gasteiger partial charge in [0.25, 0.3) is 0 Å². The van der Waals surface area contributed by atoms with Crippen molar-refractivity contribution in [3.05, 3.63) is 29.7 Å². The monoisotopic (exact) mass is 365 g/mol. The Morgan fingerprint density at radius 2 is 1.71 bits per heavy atom. The molecule has 0 bridgehead atoms. The van der Waals surface area contributed by atoms with Crippen molar-refractivity contribution >= 4 is 28.9 Å². The third kappa shape index (κ3) is 2.74. The molecule has 0 spiro atoms.